The Bertz CT molecular complexity index is 323. The molecule has 0 heterocycles. The molecule has 1 N–H and O–H groups in total. The van der Waals surface area contributed by atoms with Crippen LogP contribution in [0.1, 0.15) is 30.2 Å². The highest BCUT2D eigenvalue weighted by atomic mass is 16.5. The molecule has 0 aromatic rings. The third kappa shape index (κ3) is 8.23. The Morgan fingerprint density at radius 2 is 2.06 bits per heavy atom. The highest BCUT2D eigenvalue weighted by Crippen LogP contribution is 2.07. The SMILES string of the molecule is [2H]C([2H])([2H])CCC(=O)O[C@@H](CC(=O)O)C[N+](C)(C)C. The molecular weight excluding hydrogens is 210 g/mol. The lowest BCUT2D eigenvalue weighted by molar-refractivity contribution is -0.873. The second-order valence-corrected chi connectivity index (χ2v) is 4.68. The maximum absolute atomic E-state index is 11.5. The number of carboxylic acids is 1. The van der Waals surface area contributed by atoms with Gasteiger partial charge in [-0.2, -0.15) is 0 Å². The molecule has 0 rings (SSSR count). The van der Waals surface area contributed by atoms with Crippen LogP contribution in [0, 0.1) is 0 Å². The number of hydrogen-bond acceptors (Lipinski definition) is 3. The lowest BCUT2D eigenvalue weighted by atomic mass is 10.2. The Balaban J connectivity index is 4.39. The summed E-state index contributed by atoms with van der Waals surface area (Å²) in [4.78, 5) is 22.2. The number of carbonyl (C=O) groups excluding carboxylic acids is 1. The minimum Gasteiger partial charge on any atom is -0.481 e. The first kappa shape index (κ1) is 10.1. The summed E-state index contributed by atoms with van der Waals surface area (Å²) in [5, 5.41) is 8.76. The van der Waals surface area contributed by atoms with Crippen molar-refractivity contribution in [1.29, 1.82) is 0 Å². The monoisotopic (exact) mass is 235 g/mol. The highest BCUT2D eigenvalue weighted by molar-refractivity contribution is 5.71. The first-order valence-electron chi connectivity index (χ1n) is 6.61. The quantitative estimate of drug-likeness (QED) is 0.525. The lowest BCUT2D eigenvalue weighted by Gasteiger charge is -2.28. The van der Waals surface area contributed by atoms with Crippen molar-refractivity contribution in [2.75, 3.05) is 27.7 Å². The van der Waals surface area contributed by atoms with Gasteiger partial charge < -0.3 is 14.3 Å². The zero-order valence-electron chi connectivity index (χ0n) is 13.0. The van der Waals surface area contributed by atoms with Gasteiger partial charge in [-0.1, -0.05) is 6.85 Å². The van der Waals surface area contributed by atoms with E-state index in [0.29, 0.717) is 11.0 Å². The molecule has 94 valence electrons. The van der Waals surface area contributed by atoms with Gasteiger partial charge in [-0.15, -0.1) is 0 Å². The summed E-state index contributed by atoms with van der Waals surface area (Å²) in [5.74, 6) is -1.72. The smallest absolute Gasteiger partial charge is 0.307 e. The number of nitrogens with zero attached hydrogens (tertiary/aromatic N) is 1. The van der Waals surface area contributed by atoms with E-state index in [1.807, 2.05) is 21.1 Å². The number of carboxylic acid groups (broad SMARTS) is 1. The predicted octanol–water partition coefficient (Wildman–Crippen LogP) is 0.879. The number of aliphatic carboxylic acids is 1. The van der Waals surface area contributed by atoms with Crippen LogP contribution in [-0.4, -0.2) is 55.3 Å². The molecule has 0 radical (unpaired) electrons. The largest absolute Gasteiger partial charge is 0.481 e. The normalized spacial score (nSPS) is 16.8. The van der Waals surface area contributed by atoms with Crippen LogP contribution in [-0.2, 0) is 14.3 Å². The van der Waals surface area contributed by atoms with Gasteiger partial charge in [0.2, 0.25) is 0 Å². The van der Waals surface area contributed by atoms with Gasteiger partial charge in [0.15, 0.2) is 6.10 Å². The van der Waals surface area contributed by atoms with Gasteiger partial charge in [-0.05, 0) is 6.42 Å². The van der Waals surface area contributed by atoms with Gasteiger partial charge in [-0.25, -0.2) is 0 Å². The summed E-state index contributed by atoms with van der Waals surface area (Å²) in [6.45, 7) is -1.83. The third-order valence-corrected chi connectivity index (χ3v) is 1.78. The van der Waals surface area contributed by atoms with Crippen molar-refractivity contribution in [3.63, 3.8) is 0 Å². The van der Waals surface area contributed by atoms with Crippen LogP contribution in [0.25, 0.3) is 0 Å². The molecule has 0 bridgehead atoms. The molecule has 0 amide bonds. The molecule has 16 heavy (non-hydrogen) atoms. The lowest BCUT2D eigenvalue weighted by Crippen LogP contribution is -2.43. The molecule has 0 unspecified atom stereocenters. The van der Waals surface area contributed by atoms with Crippen molar-refractivity contribution in [3.8, 4) is 0 Å². The fraction of sp³-hybridized carbons (Fsp3) is 0.818. The Morgan fingerprint density at radius 1 is 1.44 bits per heavy atom. The molecule has 0 aliphatic rings. The molecule has 0 aliphatic carbocycles. The van der Waals surface area contributed by atoms with Crippen molar-refractivity contribution in [2.24, 2.45) is 0 Å². The van der Waals surface area contributed by atoms with E-state index >= 15 is 0 Å². The molecule has 0 aromatic carbocycles. The van der Waals surface area contributed by atoms with E-state index in [2.05, 4.69) is 0 Å². The summed E-state index contributed by atoms with van der Waals surface area (Å²) >= 11 is 0. The van der Waals surface area contributed by atoms with Gasteiger partial charge in [0, 0.05) is 10.5 Å². The van der Waals surface area contributed by atoms with E-state index in [9.17, 15) is 9.59 Å². The summed E-state index contributed by atoms with van der Waals surface area (Å²) < 4.78 is 26.5. The van der Waals surface area contributed by atoms with Gasteiger partial charge >= 0.3 is 11.9 Å². The topological polar surface area (TPSA) is 63.6 Å². The number of esters is 1. The van der Waals surface area contributed by atoms with Gasteiger partial charge in [-0.3, -0.25) is 9.59 Å². The van der Waals surface area contributed by atoms with Crippen molar-refractivity contribution < 1.29 is 28.0 Å². The number of quaternary nitrogens is 1. The van der Waals surface area contributed by atoms with E-state index in [-0.39, 0.29) is 19.3 Å². The molecule has 0 aliphatic heterocycles. The Labute approximate surface area is 101 Å². The number of hydrogen-bond donors (Lipinski definition) is 1. The number of carbonyl (C=O) groups is 2. The van der Waals surface area contributed by atoms with Gasteiger partial charge in [0.1, 0.15) is 6.54 Å². The summed E-state index contributed by atoms with van der Waals surface area (Å²) in [7, 11) is 5.56. The van der Waals surface area contributed by atoms with Crippen LogP contribution >= 0.6 is 0 Å². The molecule has 0 fully saturated rings. The summed E-state index contributed by atoms with van der Waals surface area (Å²) in [6, 6.07) is 0. The molecule has 5 heteroatoms. The zero-order chi connectivity index (χ0) is 15.3. The predicted molar refractivity (Wildman–Crippen MR) is 59.9 cm³/mol. The van der Waals surface area contributed by atoms with Crippen LogP contribution in [0.4, 0.5) is 0 Å². The maximum Gasteiger partial charge on any atom is 0.307 e. The van der Waals surface area contributed by atoms with Crippen LogP contribution < -0.4 is 0 Å². The Kier molecular flexibility index (Phi) is 4.08. The van der Waals surface area contributed by atoms with Crippen LogP contribution in [0.15, 0.2) is 0 Å². The first-order chi connectivity index (χ1) is 8.39. The second-order valence-electron chi connectivity index (χ2n) is 4.68. The van der Waals surface area contributed by atoms with E-state index in [1.54, 1.807) is 0 Å². The second kappa shape index (κ2) is 6.48. The van der Waals surface area contributed by atoms with Crippen molar-refractivity contribution >= 4 is 11.9 Å². The standard InChI is InChI=1S/C11H21NO4/c1-5-6-11(15)16-9(7-10(13)14)8-12(2,3)4/h9H,5-8H2,1-4H3/p+1/t9-/m0/s1/i1D3. The highest BCUT2D eigenvalue weighted by Gasteiger charge is 2.24. The third-order valence-electron chi connectivity index (χ3n) is 1.78. The van der Waals surface area contributed by atoms with E-state index in [1.165, 1.54) is 0 Å². The first-order valence-corrected chi connectivity index (χ1v) is 5.11. The fourth-order valence-corrected chi connectivity index (χ4v) is 1.30. The van der Waals surface area contributed by atoms with E-state index in [4.69, 9.17) is 14.0 Å². The molecule has 1 atom stereocenters. The fourth-order valence-electron chi connectivity index (χ4n) is 1.30. The maximum atomic E-state index is 11.5. The minimum atomic E-state index is -2.18. The number of rotatable bonds is 7. The number of likely N-dealkylation sites (N-methyl/N-ethyl adjacent to an activating group) is 1. The van der Waals surface area contributed by atoms with Crippen molar-refractivity contribution in [2.45, 2.75) is 32.2 Å². The van der Waals surface area contributed by atoms with Crippen LogP contribution in [0.3, 0.4) is 0 Å². The Hall–Kier alpha value is -1.10. The molecular formula is C11H22NO4+. The summed E-state index contributed by atoms with van der Waals surface area (Å²) in [5.41, 5.74) is 0. The molecule has 5 nitrogen and oxygen atoms in total. The van der Waals surface area contributed by atoms with Crippen LogP contribution in [0.5, 0.6) is 0 Å². The Morgan fingerprint density at radius 3 is 2.50 bits per heavy atom. The van der Waals surface area contributed by atoms with Crippen molar-refractivity contribution in [3.05, 3.63) is 0 Å². The van der Waals surface area contributed by atoms with Crippen molar-refractivity contribution in [1.82, 2.24) is 0 Å². The van der Waals surface area contributed by atoms with E-state index < -0.39 is 24.9 Å². The molecule has 0 saturated heterocycles. The molecule has 0 spiro atoms. The zero-order valence-corrected chi connectivity index (χ0v) is 10.0. The average molecular weight is 235 g/mol. The van der Waals surface area contributed by atoms with Gasteiger partial charge in [0.05, 0.1) is 27.6 Å². The van der Waals surface area contributed by atoms with Gasteiger partial charge in [0.25, 0.3) is 0 Å². The van der Waals surface area contributed by atoms with Crippen LogP contribution in [0.2, 0.25) is 0 Å². The van der Waals surface area contributed by atoms with E-state index in [0.717, 1.165) is 0 Å². The molecule has 0 saturated carbocycles. The summed E-state index contributed by atoms with van der Waals surface area (Å²) in [6.07, 6.45) is -1.53. The minimum absolute atomic E-state index is 0.232. The average Bonchev–Trinajstić information content (AvgIpc) is 2.09. The molecule has 0 aromatic heterocycles. The number of ether oxygens (including phenoxy) is 1.